The van der Waals surface area contributed by atoms with E-state index in [9.17, 15) is 4.79 Å². The number of methoxy groups -OCH3 is 1. The highest BCUT2D eigenvalue weighted by molar-refractivity contribution is 6.30. The minimum Gasteiger partial charge on any atom is -0.383 e. The summed E-state index contributed by atoms with van der Waals surface area (Å²) >= 11 is 0. The van der Waals surface area contributed by atoms with Gasteiger partial charge >= 0.3 is 0 Å². The molecule has 1 fully saturated rings. The van der Waals surface area contributed by atoms with Crippen molar-refractivity contribution in [2.75, 3.05) is 34.4 Å². The van der Waals surface area contributed by atoms with Gasteiger partial charge in [-0.3, -0.25) is 4.79 Å². The Morgan fingerprint density at radius 1 is 1.39 bits per heavy atom. The summed E-state index contributed by atoms with van der Waals surface area (Å²) in [6.45, 7) is 3.56. The normalized spacial score (nSPS) is 21.3. The van der Waals surface area contributed by atoms with Crippen molar-refractivity contribution >= 4 is 11.5 Å². The Labute approximate surface area is 108 Å². The number of carbonyl (C=O) groups excluding carboxylic acids is 1. The third-order valence-corrected chi connectivity index (χ3v) is 3.46. The molecule has 2 aliphatic rings. The molecule has 0 amide bonds. The first kappa shape index (κ1) is 13.0. The predicted octanol–water partition coefficient (Wildman–Crippen LogP) is 1.18. The van der Waals surface area contributed by atoms with Crippen LogP contribution in [0.4, 0.5) is 0 Å². The molecule has 18 heavy (non-hydrogen) atoms. The average Bonchev–Trinajstić information content (AvgIpc) is 2.31. The summed E-state index contributed by atoms with van der Waals surface area (Å²) in [5.41, 5.74) is 4.15. The van der Waals surface area contributed by atoms with Gasteiger partial charge in [-0.05, 0) is 6.42 Å². The quantitative estimate of drug-likeness (QED) is 0.554. The number of hydrogen-bond acceptors (Lipinski definition) is 3. The smallest absolute Gasteiger partial charge is 0.203 e. The van der Waals surface area contributed by atoms with Gasteiger partial charge in [-0.2, -0.15) is 4.58 Å². The van der Waals surface area contributed by atoms with Crippen LogP contribution in [0.1, 0.15) is 19.8 Å². The van der Waals surface area contributed by atoms with Gasteiger partial charge in [0.1, 0.15) is 6.61 Å². The SMILES string of the molecule is COCC[N+]1=C2CCC(=CN(C)C)C(=O)C2=C1C. The summed E-state index contributed by atoms with van der Waals surface area (Å²) in [5.74, 6) is 0.205. The molecule has 98 valence electrons. The number of fused-ring (bicyclic) bond motifs is 1. The molecule has 0 radical (unpaired) electrons. The topological polar surface area (TPSA) is 32.5 Å². The number of hydrogen-bond donors (Lipinski definition) is 0. The van der Waals surface area contributed by atoms with Crippen LogP contribution in [0.2, 0.25) is 0 Å². The van der Waals surface area contributed by atoms with Crippen molar-refractivity contribution in [3.8, 4) is 0 Å². The highest BCUT2D eigenvalue weighted by atomic mass is 16.5. The fourth-order valence-electron chi connectivity index (χ4n) is 2.63. The van der Waals surface area contributed by atoms with Crippen LogP contribution in [0.25, 0.3) is 0 Å². The van der Waals surface area contributed by atoms with E-state index in [-0.39, 0.29) is 5.78 Å². The molecule has 1 aliphatic heterocycles. The molecule has 1 saturated carbocycles. The molecule has 4 nitrogen and oxygen atoms in total. The molecule has 4 heteroatoms. The zero-order chi connectivity index (χ0) is 13.3. The first-order chi connectivity index (χ1) is 8.56. The monoisotopic (exact) mass is 249 g/mol. The first-order valence-electron chi connectivity index (χ1n) is 6.31. The molecular weight excluding hydrogens is 228 g/mol. The van der Waals surface area contributed by atoms with E-state index in [0.717, 1.165) is 36.2 Å². The molecule has 2 rings (SSSR count). The Balaban J connectivity index is 2.17. The van der Waals surface area contributed by atoms with Crippen molar-refractivity contribution in [3.63, 3.8) is 0 Å². The van der Waals surface area contributed by atoms with Gasteiger partial charge in [-0.25, -0.2) is 0 Å². The van der Waals surface area contributed by atoms with E-state index in [1.165, 1.54) is 5.71 Å². The van der Waals surface area contributed by atoms with Crippen LogP contribution in [-0.4, -0.2) is 55.3 Å². The molecule has 0 atom stereocenters. The van der Waals surface area contributed by atoms with E-state index in [1.54, 1.807) is 7.11 Å². The van der Waals surface area contributed by atoms with Gasteiger partial charge in [0.15, 0.2) is 23.5 Å². The van der Waals surface area contributed by atoms with Gasteiger partial charge in [0.2, 0.25) is 5.78 Å². The molecule has 0 saturated heterocycles. The third-order valence-electron chi connectivity index (χ3n) is 3.46. The van der Waals surface area contributed by atoms with Crippen LogP contribution in [0.5, 0.6) is 0 Å². The van der Waals surface area contributed by atoms with E-state index in [1.807, 2.05) is 32.1 Å². The van der Waals surface area contributed by atoms with Crippen molar-refractivity contribution in [2.45, 2.75) is 19.8 Å². The van der Waals surface area contributed by atoms with Crippen molar-refractivity contribution in [1.82, 2.24) is 4.90 Å². The van der Waals surface area contributed by atoms with Gasteiger partial charge in [-0.1, -0.05) is 0 Å². The maximum absolute atomic E-state index is 12.3. The number of rotatable bonds is 4. The van der Waals surface area contributed by atoms with Gasteiger partial charge in [-0.15, -0.1) is 0 Å². The lowest BCUT2D eigenvalue weighted by Crippen LogP contribution is -2.41. The number of allylic oxidation sites excluding steroid dienone is 3. The summed E-state index contributed by atoms with van der Waals surface area (Å²) in [6, 6.07) is 0. The summed E-state index contributed by atoms with van der Waals surface area (Å²) in [6.07, 6.45) is 3.74. The molecule has 1 aliphatic carbocycles. The van der Waals surface area contributed by atoms with E-state index in [4.69, 9.17) is 4.74 Å². The van der Waals surface area contributed by atoms with Crippen LogP contribution in [0.3, 0.4) is 0 Å². The van der Waals surface area contributed by atoms with Gasteiger partial charge in [0.25, 0.3) is 0 Å². The lowest BCUT2D eigenvalue weighted by Gasteiger charge is -2.26. The Hall–Kier alpha value is -1.42. The molecule has 0 aromatic carbocycles. The molecule has 0 aromatic heterocycles. The lowest BCUT2D eigenvalue weighted by atomic mass is 9.82. The second-order valence-corrected chi connectivity index (χ2v) is 5.00. The highest BCUT2D eigenvalue weighted by Gasteiger charge is 2.43. The fraction of sp³-hybridized carbons (Fsp3) is 0.571. The van der Waals surface area contributed by atoms with Crippen molar-refractivity contribution in [1.29, 1.82) is 0 Å². The number of nitrogens with zero attached hydrogens (tertiary/aromatic N) is 2. The molecule has 0 spiro atoms. The molecule has 0 N–H and O–H groups in total. The number of carbonyl (C=O) groups is 1. The van der Waals surface area contributed by atoms with Gasteiger partial charge in [0, 0.05) is 46.3 Å². The van der Waals surface area contributed by atoms with Crippen LogP contribution >= 0.6 is 0 Å². The average molecular weight is 249 g/mol. The summed E-state index contributed by atoms with van der Waals surface area (Å²) in [5, 5.41) is 0. The van der Waals surface area contributed by atoms with Crippen molar-refractivity contribution < 1.29 is 14.1 Å². The van der Waals surface area contributed by atoms with Crippen LogP contribution in [-0.2, 0) is 9.53 Å². The number of Topliss-reactive ketones (excluding diaryl/α,β-unsaturated/α-hetero) is 1. The van der Waals surface area contributed by atoms with Crippen LogP contribution in [0, 0.1) is 0 Å². The Morgan fingerprint density at radius 3 is 2.72 bits per heavy atom. The van der Waals surface area contributed by atoms with Gasteiger partial charge in [0.05, 0.1) is 0 Å². The Bertz CT molecular complexity index is 470. The van der Waals surface area contributed by atoms with Crippen molar-refractivity contribution in [3.05, 3.63) is 23.0 Å². The number of ketones is 1. The molecule has 1 heterocycles. The second-order valence-electron chi connectivity index (χ2n) is 5.00. The minimum absolute atomic E-state index is 0.205. The maximum Gasteiger partial charge on any atom is 0.203 e. The van der Waals surface area contributed by atoms with E-state index in [2.05, 4.69) is 4.58 Å². The fourth-order valence-corrected chi connectivity index (χ4v) is 2.63. The largest absolute Gasteiger partial charge is 0.383 e. The molecule has 0 unspecified atom stereocenters. The zero-order valence-electron chi connectivity index (χ0n) is 11.6. The Kier molecular flexibility index (Phi) is 3.66. The first-order valence-corrected chi connectivity index (χ1v) is 6.31. The minimum atomic E-state index is 0.205. The maximum atomic E-state index is 12.3. The Morgan fingerprint density at radius 2 is 2.11 bits per heavy atom. The predicted molar refractivity (Wildman–Crippen MR) is 70.7 cm³/mol. The highest BCUT2D eigenvalue weighted by Crippen LogP contribution is 2.32. The summed E-state index contributed by atoms with van der Waals surface area (Å²) in [7, 11) is 5.60. The lowest BCUT2D eigenvalue weighted by molar-refractivity contribution is -0.493. The zero-order valence-corrected chi connectivity index (χ0v) is 11.6. The summed E-state index contributed by atoms with van der Waals surface area (Å²) < 4.78 is 7.31. The van der Waals surface area contributed by atoms with E-state index < -0.39 is 0 Å². The van der Waals surface area contributed by atoms with E-state index >= 15 is 0 Å². The third kappa shape index (κ3) is 2.12. The summed E-state index contributed by atoms with van der Waals surface area (Å²) in [4.78, 5) is 14.3. The van der Waals surface area contributed by atoms with Crippen LogP contribution in [0.15, 0.2) is 23.0 Å². The molecular formula is C14H21N2O2+. The molecule has 0 bridgehead atoms. The van der Waals surface area contributed by atoms with Gasteiger partial charge < -0.3 is 9.64 Å². The van der Waals surface area contributed by atoms with Crippen LogP contribution < -0.4 is 0 Å². The number of ether oxygens (including phenoxy) is 1. The molecule has 0 aromatic rings. The second kappa shape index (κ2) is 5.06. The standard InChI is InChI=1S/C14H21N2O2/c1-10-13-12(16(10)7-8-18-4)6-5-11(14(13)17)9-15(2)3/h9H,5-8H2,1-4H3/q+1. The van der Waals surface area contributed by atoms with E-state index in [0.29, 0.717) is 6.61 Å². The van der Waals surface area contributed by atoms with Crippen molar-refractivity contribution in [2.24, 2.45) is 0 Å².